The van der Waals surface area contributed by atoms with Crippen LogP contribution in [0.25, 0.3) is 0 Å². The van der Waals surface area contributed by atoms with Gasteiger partial charge in [-0.2, -0.15) is 0 Å². The van der Waals surface area contributed by atoms with Crippen LogP contribution in [0, 0.1) is 0 Å². The minimum Gasteiger partial charge on any atom is -0.339 e. The molecule has 0 aromatic carbocycles. The molecule has 2 aliphatic rings. The van der Waals surface area contributed by atoms with Crippen molar-refractivity contribution in [2.24, 2.45) is 0 Å². The van der Waals surface area contributed by atoms with Crippen LogP contribution in [0.3, 0.4) is 0 Å². The van der Waals surface area contributed by atoms with Crippen LogP contribution in [0.5, 0.6) is 0 Å². The van der Waals surface area contributed by atoms with Crippen LogP contribution in [0.4, 0.5) is 0 Å². The summed E-state index contributed by atoms with van der Waals surface area (Å²) < 4.78 is 0. The summed E-state index contributed by atoms with van der Waals surface area (Å²) in [6, 6.07) is 0.553. The lowest BCUT2D eigenvalue weighted by atomic mass is 10.0. The van der Waals surface area contributed by atoms with Crippen molar-refractivity contribution in [3.63, 3.8) is 0 Å². The minimum absolute atomic E-state index is 0.358. The summed E-state index contributed by atoms with van der Waals surface area (Å²) in [4.78, 5) is 13.1. The van der Waals surface area contributed by atoms with Gasteiger partial charge in [-0.1, -0.05) is 0 Å². The number of hydrogen-bond donors (Lipinski definition) is 1. The first-order valence-corrected chi connectivity index (χ1v) is 4.38. The van der Waals surface area contributed by atoms with Crippen molar-refractivity contribution >= 4 is 5.91 Å². The molecule has 2 fully saturated rings. The van der Waals surface area contributed by atoms with Crippen LogP contribution < -0.4 is 5.32 Å². The fourth-order valence-electron chi connectivity index (χ4n) is 1.84. The van der Waals surface area contributed by atoms with Gasteiger partial charge >= 0.3 is 0 Å². The predicted molar refractivity (Wildman–Crippen MR) is 42.2 cm³/mol. The van der Waals surface area contributed by atoms with E-state index in [0.29, 0.717) is 11.9 Å². The lowest BCUT2D eigenvalue weighted by Gasteiger charge is -2.40. The fourth-order valence-corrected chi connectivity index (χ4v) is 1.84. The number of hydrogen-bond acceptors (Lipinski definition) is 2. The largest absolute Gasteiger partial charge is 0.339 e. The number of β-lactam (4-membered cyclic amide) rings is 1. The minimum atomic E-state index is 0.358. The molecule has 0 radical (unpaired) electrons. The normalized spacial score (nSPS) is 26.9. The van der Waals surface area contributed by atoms with Gasteiger partial charge in [0.1, 0.15) is 0 Å². The van der Waals surface area contributed by atoms with Crippen LogP contribution in [0.1, 0.15) is 19.3 Å². The molecular formula is C8H14N2O. The van der Waals surface area contributed by atoms with Gasteiger partial charge in [-0.15, -0.1) is 0 Å². The molecule has 3 heteroatoms. The second kappa shape index (κ2) is 2.81. The zero-order valence-corrected chi connectivity index (χ0v) is 6.68. The van der Waals surface area contributed by atoms with Gasteiger partial charge < -0.3 is 10.2 Å². The summed E-state index contributed by atoms with van der Waals surface area (Å²) in [5.74, 6) is 0.358. The number of carbonyl (C=O) groups excluding carboxylic acids is 1. The van der Waals surface area contributed by atoms with Gasteiger partial charge in [0.05, 0.1) is 0 Å². The SMILES string of the molecule is O=C1CCN1C1CCNCC1. The Morgan fingerprint density at radius 1 is 1.36 bits per heavy atom. The first-order valence-electron chi connectivity index (χ1n) is 4.38. The maximum atomic E-state index is 11.0. The third-order valence-electron chi connectivity index (χ3n) is 2.64. The van der Waals surface area contributed by atoms with Crippen molar-refractivity contribution in [2.45, 2.75) is 25.3 Å². The van der Waals surface area contributed by atoms with E-state index in [1.165, 1.54) is 0 Å². The van der Waals surface area contributed by atoms with Crippen molar-refractivity contribution in [3.05, 3.63) is 0 Å². The van der Waals surface area contributed by atoms with Crippen molar-refractivity contribution < 1.29 is 4.79 Å². The molecule has 2 saturated heterocycles. The summed E-state index contributed by atoms with van der Waals surface area (Å²) in [7, 11) is 0. The predicted octanol–water partition coefficient (Wildman–Crippen LogP) is -0.0293. The quantitative estimate of drug-likeness (QED) is 0.538. The molecule has 0 saturated carbocycles. The van der Waals surface area contributed by atoms with E-state index in [0.717, 1.165) is 38.9 Å². The number of amides is 1. The van der Waals surface area contributed by atoms with Crippen molar-refractivity contribution in [1.29, 1.82) is 0 Å². The summed E-state index contributed by atoms with van der Waals surface area (Å²) in [5, 5.41) is 3.29. The molecule has 0 spiro atoms. The Morgan fingerprint density at radius 2 is 2.09 bits per heavy atom. The molecule has 11 heavy (non-hydrogen) atoms. The highest BCUT2D eigenvalue weighted by Crippen LogP contribution is 2.19. The van der Waals surface area contributed by atoms with Gasteiger partial charge in [0.15, 0.2) is 0 Å². The highest BCUT2D eigenvalue weighted by molar-refractivity contribution is 5.82. The topological polar surface area (TPSA) is 32.3 Å². The summed E-state index contributed by atoms with van der Waals surface area (Å²) in [5.41, 5.74) is 0. The van der Waals surface area contributed by atoms with Crippen molar-refractivity contribution in [2.75, 3.05) is 19.6 Å². The van der Waals surface area contributed by atoms with E-state index in [1.807, 2.05) is 4.90 Å². The number of piperidine rings is 1. The molecule has 0 aromatic heterocycles. The number of nitrogens with zero attached hydrogens (tertiary/aromatic N) is 1. The molecule has 0 unspecified atom stereocenters. The van der Waals surface area contributed by atoms with Crippen LogP contribution >= 0.6 is 0 Å². The van der Waals surface area contributed by atoms with Crippen molar-refractivity contribution in [1.82, 2.24) is 10.2 Å². The molecule has 0 atom stereocenters. The van der Waals surface area contributed by atoms with E-state index in [2.05, 4.69) is 5.32 Å². The molecule has 1 amide bonds. The van der Waals surface area contributed by atoms with Gasteiger partial charge in [0.2, 0.25) is 5.91 Å². The fraction of sp³-hybridized carbons (Fsp3) is 0.875. The van der Waals surface area contributed by atoms with E-state index in [9.17, 15) is 4.79 Å². The lowest BCUT2D eigenvalue weighted by molar-refractivity contribution is -0.143. The highest BCUT2D eigenvalue weighted by Gasteiger charge is 2.31. The summed E-state index contributed by atoms with van der Waals surface area (Å²) in [6.07, 6.45) is 3.07. The third-order valence-corrected chi connectivity index (χ3v) is 2.64. The average molecular weight is 154 g/mol. The van der Waals surface area contributed by atoms with Crippen LogP contribution in [0.15, 0.2) is 0 Å². The van der Waals surface area contributed by atoms with Crippen LogP contribution in [-0.4, -0.2) is 36.5 Å². The van der Waals surface area contributed by atoms with E-state index in [4.69, 9.17) is 0 Å². The number of carbonyl (C=O) groups is 1. The second-order valence-electron chi connectivity index (χ2n) is 3.32. The average Bonchev–Trinajstić information content (AvgIpc) is 2.04. The van der Waals surface area contributed by atoms with Gasteiger partial charge in [0, 0.05) is 19.0 Å². The van der Waals surface area contributed by atoms with E-state index in [1.54, 1.807) is 0 Å². The third kappa shape index (κ3) is 1.25. The molecule has 0 aromatic rings. The molecule has 0 aliphatic carbocycles. The molecular weight excluding hydrogens is 140 g/mol. The van der Waals surface area contributed by atoms with Gasteiger partial charge in [-0.25, -0.2) is 0 Å². The zero-order valence-electron chi connectivity index (χ0n) is 6.68. The molecule has 3 nitrogen and oxygen atoms in total. The summed E-state index contributed by atoms with van der Waals surface area (Å²) >= 11 is 0. The summed E-state index contributed by atoms with van der Waals surface area (Å²) in [6.45, 7) is 3.16. The maximum absolute atomic E-state index is 11.0. The number of likely N-dealkylation sites (tertiary alicyclic amines) is 1. The Kier molecular flexibility index (Phi) is 1.82. The first-order chi connectivity index (χ1) is 5.38. The van der Waals surface area contributed by atoms with Crippen LogP contribution in [0.2, 0.25) is 0 Å². The highest BCUT2D eigenvalue weighted by atomic mass is 16.2. The Hall–Kier alpha value is -0.570. The second-order valence-corrected chi connectivity index (χ2v) is 3.32. The van der Waals surface area contributed by atoms with Gasteiger partial charge in [-0.3, -0.25) is 4.79 Å². The monoisotopic (exact) mass is 154 g/mol. The Balaban J connectivity index is 1.88. The number of rotatable bonds is 1. The molecule has 2 aliphatic heterocycles. The van der Waals surface area contributed by atoms with E-state index >= 15 is 0 Å². The van der Waals surface area contributed by atoms with Crippen LogP contribution in [-0.2, 0) is 4.79 Å². The lowest BCUT2D eigenvalue weighted by Crippen LogP contribution is -2.53. The Bertz CT molecular complexity index is 163. The molecule has 62 valence electrons. The Labute approximate surface area is 66.8 Å². The molecule has 1 N–H and O–H groups in total. The number of nitrogens with one attached hydrogen (secondary N) is 1. The van der Waals surface area contributed by atoms with Crippen molar-refractivity contribution in [3.8, 4) is 0 Å². The van der Waals surface area contributed by atoms with E-state index < -0.39 is 0 Å². The first kappa shape index (κ1) is 7.10. The van der Waals surface area contributed by atoms with Gasteiger partial charge in [-0.05, 0) is 25.9 Å². The zero-order chi connectivity index (χ0) is 7.68. The molecule has 2 rings (SSSR count). The standard InChI is InChI=1S/C8H14N2O/c11-8-3-6-10(8)7-1-4-9-5-2-7/h7,9H,1-6H2. The molecule has 2 heterocycles. The van der Waals surface area contributed by atoms with Gasteiger partial charge in [0.25, 0.3) is 0 Å². The molecule has 0 bridgehead atoms. The smallest absolute Gasteiger partial charge is 0.224 e. The maximum Gasteiger partial charge on any atom is 0.224 e. The van der Waals surface area contributed by atoms with E-state index in [-0.39, 0.29) is 0 Å². The Morgan fingerprint density at radius 3 is 2.55 bits per heavy atom.